The third-order valence-electron chi connectivity index (χ3n) is 4.22. The van der Waals surface area contributed by atoms with Crippen LogP contribution in [0.1, 0.15) is 5.69 Å². The van der Waals surface area contributed by atoms with Crippen molar-refractivity contribution in [3.8, 4) is 17.0 Å². The zero-order chi connectivity index (χ0) is 14.9. The molecule has 0 aliphatic carbocycles. The highest BCUT2D eigenvalue weighted by Gasteiger charge is 2.18. The van der Waals surface area contributed by atoms with Crippen molar-refractivity contribution in [3.63, 3.8) is 0 Å². The van der Waals surface area contributed by atoms with Crippen LogP contribution >= 0.6 is 0 Å². The maximum Gasteiger partial charge on any atom is 0.125 e. The highest BCUT2D eigenvalue weighted by molar-refractivity contribution is 5.89. The van der Waals surface area contributed by atoms with E-state index >= 15 is 0 Å². The van der Waals surface area contributed by atoms with Gasteiger partial charge in [-0.25, -0.2) is 0 Å². The number of hydrogen-bond donors (Lipinski definition) is 2. The Labute approximate surface area is 128 Å². The van der Waals surface area contributed by atoms with E-state index in [1.165, 1.54) is 0 Å². The molecule has 2 N–H and O–H groups in total. The molecule has 1 saturated heterocycles. The molecule has 110 valence electrons. The number of phenols is 1. The second-order valence-corrected chi connectivity index (χ2v) is 5.85. The van der Waals surface area contributed by atoms with Gasteiger partial charge in [0.2, 0.25) is 0 Å². The zero-order valence-electron chi connectivity index (χ0n) is 12.2. The molecule has 2 aromatic carbocycles. The molecule has 0 atom stereocenters. The molecule has 22 heavy (non-hydrogen) atoms. The van der Waals surface area contributed by atoms with Crippen LogP contribution in [0.25, 0.3) is 22.0 Å². The fourth-order valence-corrected chi connectivity index (χ4v) is 2.83. The first-order chi connectivity index (χ1) is 10.8. The Morgan fingerprint density at radius 2 is 1.77 bits per heavy atom. The van der Waals surface area contributed by atoms with Crippen LogP contribution in [-0.4, -0.2) is 28.4 Å². The van der Waals surface area contributed by atoms with Crippen molar-refractivity contribution < 1.29 is 5.11 Å². The number of fused-ring (bicyclic) bond motifs is 1. The summed E-state index contributed by atoms with van der Waals surface area (Å²) >= 11 is 0. The second kappa shape index (κ2) is 5.39. The molecule has 2 heterocycles. The van der Waals surface area contributed by atoms with Gasteiger partial charge in [0.25, 0.3) is 0 Å². The molecule has 0 radical (unpaired) electrons. The number of phenolic OH excluding ortho intramolecular Hbond substituents is 1. The summed E-state index contributed by atoms with van der Waals surface area (Å²) in [6, 6.07) is 15.7. The van der Waals surface area contributed by atoms with Crippen molar-refractivity contribution >= 4 is 10.8 Å². The van der Waals surface area contributed by atoms with Gasteiger partial charge in [0.15, 0.2) is 0 Å². The van der Waals surface area contributed by atoms with E-state index in [1.807, 2.05) is 42.5 Å². The number of rotatable bonds is 3. The first kappa shape index (κ1) is 13.2. The number of aromatic hydroxyl groups is 1. The summed E-state index contributed by atoms with van der Waals surface area (Å²) < 4.78 is 0. The lowest BCUT2D eigenvalue weighted by Crippen LogP contribution is -2.43. The quantitative estimate of drug-likeness (QED) is 0.779. The molecule has 0 saturated carbocycles. The summed E-state index contributed by atoms with van der Waals surface area (Å²) in [4.78, 5) is 0. The van der Waals surface area contributed by atoms with Crippen molar-refractivity contribution in [1.82, 2.24) is 15.5 Å². The van der Waals surface area contributed by atoms with Crippen LogP contribution in [0.4, 0.5) is 0 Å². The van der Waals surface area contributed by atoms with Crippen molar-refractivity contribution in [1.29, 1.82) is 0 Å². The van der Waals surface area contributed by atoms with Crippen LogP contribution in [-0.2, 0) is 6.42 Å². The summed E-state index contributed by atoms with van der Waals surface area (Å²) in [5, 5.41) is 24.2. The SMILES string of the molecule is Oc1cc2ccccc2cc1-c1ccc(CC2CNC2)nn1. The smallest absolute Gasteiger partial charge is 0.125 e. The lowest BCUT2D eigenvalue weighted by atomic mass is 9.97. The monoisotopic (exact) mass is 291 g/mol. The minimum atomic E-state index is 0.240. The van der Waals surface area contributed by atoms with Gasteiger partial charge in [-0.1, -0.05) is 24.3 Å². The largest absolute Gasteiger partial charge is 0.507 e. The normalized spacial score (nSPS) is 14.9. The third-order valence-corrected chi connectivity index (χ3v) is 4.22. The van der Waals surface area contributed by atoms with Gasteiger partial charge in [-0.05, 0) is 60.5 Å². The Kier molecular flexibility index (Phi) is 3.24. The second-order valence-electron chi connectivity index (χ2n) is 5.85. The average Bonchev–Trinajstić information content (AvgIpc) is 2.51. The Balaban J connectivity index is 1.67. The Morgan fingerprint density at radius 3 is 2.41 bits per heavy atom. The predicted octanol–water partition coefficient (Wildman–Crippen LogP) is 2.76. The first-order valence-corrected chi connectivity index (χ1v) is 7.55. The van der Waals surface area contributed by atoms with Gasteiger partial charge < -0.3 is 10.4 Å². The molecular formula is C18H17N3O. The third kappa shape index (κ3) is 2.42. The van der Waals surface area contributed by atoms with Crippen LogP contribution < -0.4 is 5.32 Å². The molecule has 1 aromatic heterocycles. The predicted molar refractivity (Wildman–Crippen MR) is 86.7 cm³/mol. The number of nitrogens with zero attached hydrogens (tertiary/aromatic N) is 2. The van der Waals surface area contributed by atoms with E-state index in [1.54, 1.807) is 6.07 Å². The standard InChI is InChI=1S/C18H17N3O/c22-18-9-14-4-2-1-3-13(14)8-16(18)17-6-5-15(20-21-17)7-12-10-19-11-12/h1-6,8-9,12,19,22H,7,10-11H2. The zero-order valence-corrected chi connectivity index (χ0v) is 12.2. The maximum absolute atomic E-state index is 10.2. The summed E-state index contributed by atoms with van der Waals surface area (Å²) in [6.07, 6.45) is 0.962. The number of hydrogen-bond acceptors (Lipinski definition) is 4. The highest BCUT2D eigenvalue weighted by atomic mass is 16.3. The minimum absolute atomic E-state index is 0.240. The van der Waals surface area contributed by atoms with E-state index in [0.29, 0.717) is 11.6 Å². The van der Waals surface area contributed by atoms with Gasteiger partial charge in [0.1, 0.15) is 5.75 Å². The Morgan fingerprint density at radius 1 is 1.00 bits per heavy atom. The maximum atomic E-state index is 10.2. The Bertz CT molecular complexity index is 810. The molecule has 4 rings (SSSR count). The molecule has 0 amide bonds. The molecule has 4 heteroatoms. The topological polar surface area (TPSA) is 58.0 Å². The fourth-order valence-electron chi connectivity index (χ4n) is 2.83. The van der Waals surface area contributed by atoms with Crippen LogP contribution in [0.2, 0.25) is 0 Å². The van der Waals surface area contributed by atoms with E-state index < -0.39 is 0 Å². The molecular weight excluding hydrogens is 274 g/mol. The van der Waals surface area contributed by atoms with Crippen molar-refractivity contribution in [2.24, 2.45) is 5.92 Å². The van der Waals surface area contributed by atoms with Crippen molar-refractivity contribution in [3.05, 3.63) is 54.2 Å². The van der Waals surface area contributed by atoms with Crippen LogP contribution in [0.5, 0.6) is 5.75 Å². The first-order valence-electron chi connectivity index (χ1n) is 7.55. The van der Waals surface area contributed by atoms with E-state index in [2.05, 4.69) is 15.5 Å². The summed E-state index contributed by atoms with van der Waals surface area (Å²) in [7, 11) is 0. The van der Waals surface area contributed by atoms with E-state index in [0.717, 1.165) is 41.5 Å². The van der Waals surface area contributed by atoms with Gasteiger partial charge in [0, 0.05) is 5.56 Å². The van der Waals surface area contributed by atoms with Crippen molar-refractivity contribution in [2.45, 2.75) is 6.42 Å². The van der Waals surface area contributed by atoms with Crippen LogP contribution in [0.3, 0.4) is 0 Å². The van der Waals surface area contributed by atoms with Crippen LogP contribution in [0, 0.1) is 5.92 Å². The molecule has 0 spiro atoms. The van der Waals surface area contributed by atoms with Gasteiger partial charge in [0.05, 0.1) is 11.4 Å². The van der Waals surface area contributed by atoms with Gasteiger partial charge in [-0.15, -0.1) is 0 Å². The molecule has 1 aliphatic rings. The summed E-state index contributed by atoms with van der Waals surface area (Å²) in [5.41, 5.74) is 2.44. The Hall–Kier alpha value is -2.46. The summed E-state index contributed by atoms with van der Waals surface area (Å²) in [6.45, 7) is 2.13. The van der Waals surface area contributed by atoms with Crippen LogP contribution in [0.15, 0.2) is 48.5 Å². The lowest BCUT2D eigenvalue weighted by Gasteiger charge is -2.26. The van der Waals surface area contributed by atoms with Crippen molar-refractivity contribution in [2.75, 3.05) is 13.1 Å². The average molecular weight is 291 g/mol. The van der Waals surface area contributed by atoms with Gasteiger partial charge in [-0.3, -0.25) is 0 Å². The molecule has 0 bridgehead atoms. The number of aromatic nitrogens is 2. The van der Waals surface area contributed by atoms with E-state index in [9.17, 15) is 5.11 Å². The molecule has 4 nitrogen and oxygen atoms in total. The summed E-state index contributed by atoms with van der Waals surface area (Å²) in [5.74, 6) is 0.915. The molecule has 1 aliphatic heterocycles. The molecule has 1 fully saturated rings. The minimum Gasteiger partial charge on any atom is -0.507 e. The number of benzene rings is 2. The molecule has 3 aromatic rings. The highest BCUT2D eigenvalue weighted by Crippen LogP contribution is 2.32. The molecule has 0 unspecified atom stereocenters. The van der Waals surface area contributed by atoms with Gasteiger partial charge in [-0.2, -0.15) is 10.2 Å². The van der Waals surface area contributed by atoms with E-state index in [4.69, 9.17) is 0 Å². The fraction of sp³-hybridized carbons (Fsp3) is 0.222. The van der Waals surface area contributed by atoms with Gasteiger partial charge >= 0.3 is 0 Å². The number of nitrogens with one attached hydrogen (secondary N) is 1. The van der Waals surface area contributed by atoms with E-state index in [-0.39, 0.29) is 5.75 Å². The lowest BCUT2D eigenvalue weighted by molar-refractivity contribution is 0.343.